The normalized spacial score (nSPS) is 10.4. The molecule has 2 rings (SSSR count). The third kappa shape index (κ3) is 2.01. The number of aryl methyl sites for hydroxylation is 1. The number of nitriles is 1. The van der Waals surface area contributed by atoms with Crippen molar-refractivity contribution in [3.8, 4) is 6.07 Å². The minimum Gasteiger partial charge on any atom is -0.357 e. The molecular weight excluding hydrogens is 218 g/mol. The highest BCUT2D eigenvalue weighted by Gasteiger charge is 2.13. The van der Waals surface area contributed by atoms with Crippen molar-refractivity contribution in [3.63, 3.8) is 0 Å². The number of hydrogen-bond acceptors (Lipinski definition) is 6. The number of fused-ring (bicyclic) bond motifs is 1. The molecule has 0 radical (unpaired) electrons. The molecule has 17 heavy (non-hydrogen) atoms. The number of rotatable bonds is 4. The lowest BCUT2D eigenvalue weighted by Gasteiger charge is -2.15. The first-order chi connectivity index (χ1) is 8.27. The highest BCUT2D eigenvalue weighted by atomic mass is 15.4. The van der Waals surface area contributed by atoms with E-state index in [0.717, 1.165) is 12.2 Å². The van der Waals surface area contributed by atoms with E-state index < -0.39 is 0 Å². The standard InChI is InChI=1S/C10H13N7/c1-3-17-10-8(14-15-17)9(12-7-13-10)16(2)6-4-5-11/h7H,3-4,6H2,1-2H3. The van der Waals surface area contributed by atoms with E-state index in [2.05, 4.69) is 26.3 Å². The summed E-state index contributed by atoms with van der Waals surface area (Å²) in [7, 11) is 1.88. The molecule has 7 nitrogen and oxygen atoms in total. The van der Waals surface area contributed by atoms with Crippen molar-refractivity contribution in [2.45, 2.75) is 19.9 Å². The molecule has 0 aliphatic carbocycles. The Hall–Kier alpha value is -2.23. The first kappa shape index (κ1) is 11.3. The van der Waals surface area contributed by atoms with Gasteiger partial charge >= 0.3 is 0 Å². The van der Waals surface area contributed by atoms with Gasteiger partial charge in [0.15, 0.2) is 17.0 Å². The lowest BCUT2D eigenvalue weighted by Crippen LogP contribution is -2.19. The Balaban J connectivity index is 2.41. The van der Waals surface area contributed by atoms with Crippen LogP contribution < -0.4 is 4.90 Å². The molecule has 0 saturated carbocycles. The van der Waals surface area contributed by atoms with Gasteiger partial charge in [0.1, 0.15) is 6.33 Å². The van der Waals surface area contributed by atoms with E-state index in [1.54, 1.807) is 4.68 Å². The summed E-state index contributed by atoms with van der Waals surface area (Å²) in [4.78, 5) is 10.3. The largest absolute Gasteiger partial charge is 0.357 e. The molecule has 2 aromatic rings. The third-order valence-corrected chi connectivity index (χ3v) is 2.50. The second kappa shape index (κ2) is 4.74. The Morgan fingerprint density at radius 2 is 2.29 bits per heavy atom. The highest BCUT2D eigenvalue weighted by molar-refractivity contribution is 5.82. The molecule has 0 aromatic carbocycles. The van der Waals surface area contributed by atoms with E-state index in [-0.39, 0.29) is 0 Å². The van der Waals surface area contributed by atoms with Crippen molar-refractivity contribution in [3.05, 3.63) is 6.33 Å². The summed E-state index contributed by atoms with van der Waals surface area (Å²) in [6.07, 6.45) is 1.94. The van der Waals surface area contributed by atoms with E-state index in [1.165, 1.54) is 6.33 Å². The van der Waals surface area contributed by atoms with Crippen molar-refractivity contribution in [2.24, 2.45) is 0 Å². The SMILES string of the molecule is CCn1nnc2c(N(C)CCC#N)ncnc21. The monoisotopic (exact) mass is 231 g/mol. The molecule has 0 amide bonds. The van der Waals surface area contributed by atoms with Crippen molar-refractivity contribution in [1.29, 1.82) is 5.26 Å². The Morgan fingerprint density at radius 3 is 3.00 bits per heavy atom. The maximum Gasteiger partial charge on any atom is 0.183 e. The Labute approximate surface area is 98.7 Å². The van der Waals surface area contributed by atoms with Crippen molar-refractivity contribution in [2.75, 3.05) is 18.5 Å². The summed E-state index contributed by atoms with van der Waals surface area (Å²) >= 11 is 0. The van der Waals surface area contributed by atoms with Crippen LogP contribution in [0.2, 0.25) is 0 Å². The summed E-state index contributed by atoms with van der Waals surface area (Å²) in [6.45, 7) is 3.31. The second-order valence-corrected chi connectivity index (χ2v) is 3.60. The molecule has 7 heteroatoms. The van der Waals surface area contributed by atoms with E-state index in [4.69, 9.17) is 5.26 Å². The summed E-state index contributed by atoms with van der Waals surface area (Å²) < 4.78 is 1.72. The number of aromatic nitrogens is 5. The van der Waals surface area contributed by atoms with Crippen LogP contribution in [0.15, 0.2) is 6.33 Å². The van der Waals surface area contributed by atoms with Gasteiger partial charge in [-0.05, 0) is 6.92 Å². The van der Waals surface area contributed by atoms with Crippen LogP contribution in [0.1, 0.15) is 13.3 Å². The Morgan fingerprint density at radius 1 is 1.47 bits per heavy atom. The van der Waals surface area contributed by atoms with Gasteiger partial charge in [0.25, 0.3) is 0 Å². The van der Waals surface area contributed by atoms with Gasteiger partial charge in [-0.3, -0.25) is 0 Å². The van der Waals surface area contributed by atoms with Crippen LogP contribution in [0, 0.1) is 11.3 Å². The van der Waals surface area contributed by atoms with Crippen LogP contribution in [-0.2, 0) is 6.54 Å². The van der Waals surface area contributed by atoms with Crippen LogP contribution in [0.4, 0.5) is 5.82 Å². The van der Waals surface area contributed by atoms with Gasteiger partial charge in [-0.25, -0.2) is 14.6 Å². The average molecular weight is 231 g/mol. The van der Waals surface area contributed by atoms with E-state index >= 15 is 0 Å². The van der Waals surface area contributed by atoms with Gasteiger partial charge in [0.05, 0.1) is 12.5 Å². The zero-order valence-corrected chi connectivity index (χ0v) is 9.83. The maximum atomic E-state index is 8.58. The van der Waals surface area contributed by atoms with Crippen LogP contribution in [0.3, 0.4) is 0 Å². The fourth-order valence-corrected chi connectivity index (χ4v) is 1.60. The first-order valence-corrected chi connectivity index (χ1v) is 5.40. The van der Waals surface area contributed by atoms with E-state index in [0.29, 0.717) is 24.3 Å². The van der Waals surface area contributed by atoms with Crippen LogP contribution in [-0.4, -0.2) is 38.6 Å². The van der Waals surface area contributed by atoms with Crippen molar-refractivity contribution in [1.82, 2.24) is 25.0 Å². The summed E-state index contributed by atoms with van der Waals surface area (Å²) in [5.74, 6) is 0.713. The smallest absolute Gasteiger partial charge is 0.183 e. The molecule has 0 fully saturated rings. The lowest BCUT2D eigenvalue weighted by molar-refractivity contribution is 0.641. The predicted octanol–water partition coefficient (Wildman–Crippen LogP) is 0.591. The molecule has 0 unspecified atom stereocenters. The molecular formula is C10H13N7. The second-order valence-electron chi connectivity index (χ2n) is 3.60. The highest BCUT2D eigenvalue weighted by Crippen LogP contribution is 2.18. The molecule has 88 valence electrons. The quantitative estimate of drug-likeness (QED) is 0.765. The molecule has 2 aromatic heterocycles. The number of hydrogen-bond donors (Lipinski definition) is 0. The van der Waals surface area contributed by atoms with E-state index in [9.17, 15) is 0 Å². The summed E-state index contributed by atoms with van der Waals surface area (Å²) in [6, 6.07) is 2.11. The van der Waals surface area contributed by atoms with Crippen LogP contribution >= 0.6 is 0 Å². The molecule has 2 heterocycles. The van der Waals surface area contributed by atoms with Crippen LogP contribution in [0.25, 0.3) is 11.2 Å². The van der Waals surface area contributed by atoms with Gasteiger partial charge < -0.3 is 4.90 Å². The van der Waals surface area contributed by atoms with Gasteiger partial charge in [0, 0.05) is 20.1 Å². The van der Waals surface area contributed by atoms with E-state index in [1.807, 2.05) is 18.9 Å². The number of nitrogens with zero attached hydrogens (tertiary/aromatic N) is 7. The zero-order valence-electron chi connectivity index (χ0n) is 9.83. The van der Waals surface area contributed by atoms with Gasteiger partial charge in [-0.1, -0.05) is 5.21 Å². The zero-order chi connectivity index (χ0) is 12.3. The minimum absolute atomic E-state index is 0.448. The third-order valence-electron chi connectivity index (χ3n) is 2.50. The number of anilines is 1. The molecule has 0 bridgehead atoms. The summed E-state index contributed by atoms with van der Waals surface area (Å²) in [5, 5.41) is 16.7. The van der Waals surface area contributed by atoms with Crippen LogP contribution in [0.5, 0.6) is 0 Å². The summed E-state index contributed by atoms with van der Waals surface area (Å²) in [5.41, 5.74) is 1.40. The molecule has 0 aliphatic heterocycles. The molecule has 0 saturated heterocycles. The van der Waals surface area contributed by atoms with Gasteiger partial charge in [0.2, 0.25) is 0 Å². The lowest BCUT2D eigenvalue weighted by atomic mass is 10.4. The fourth-order valence-electron chi connectivity index (χ4n) is 1.60. The topological polar surface area (TPSA) is 83.5 Å². The minimum atomic E-state index is 0.448. The van der Waals surface area contributed by atoms with Gasteiger partial charge in [-0.2, -0.15) is 5.26 Å². The molecule has 0 aliphatic rings. The van der Waals surface area contributed by atoms with Crippen molar-refractivity contribution < 1.29 is 0 Å². The average Bonchev–Trinajstić information content (AvgIpc) is 2.78. The molecule has 0 atom stereocenters. The van der Waals surface area contributed by atoms with Gasteiger partial charge in [-0.15, -0.1) is 5.10 Å². The predicted molar refractivity (Wildman–Crippen MR) is 62.3 cm³/mol. The Bertz CT molecular complexity index is 553. The molecule has 0 N–H and O–H groups in total. The maximum absolute atomic E-state index is 8.58. The van der Waals surface area contributed by atoms with Crippen molar-refractivity contribution >= 4 is 17.0 Å². The molecule has 0 spiro atoms. The first-order valence-electron chi connectivity index (χ1n) is 5.40. The Kier molecular flexibility index (Phi) is 3.14. The fraction of sp³-hybridized carbons (Fsp3) is 0.500.